The van der Waals surface area contributed by atoms with Crippen molar-refractivity contribution >= 4 is 18.3 Å². The van der Waals surface area contributed by atoms with Crippen molar-refractivity contribution in [1.29, 1.82) is 0 Å². The minimum absolute atomic E-state index is 0.201. The molecule has 0 unspecified atom stereocenters. The van der Waals surface area contributed by atoms with Crippen molar-refractivity contribution in [3.8, 4) is 0 Å². The topological polar surface area (TPSA) is 67.2 Å². The summed E-state index contributed by atoms with van der Waals surface area (Å²) in [5.74, 6) is 0. The van der Waals surface area contributed by atoms with Crippen LogP contribution in [-0.2, 0) is 0 Å². The molecule has 1 aliphatic rings. The Hall–Kier alpha value is -1.08. The molecule has 0 amide bonds. The standard InChI is InChI=1S/C12H19BN2O3/c16-9-8-14-4-6-15(7-5-14)12-3-1-2-11(10-12)13(17)18/h1-3,10,16-18H,4-9H2. The molecular weight excluding hydrogens is 231 g/mol. The monoisotopic (exact) mass is 250 g/mol. The van der Waals surface area contributed by atoms with E-state index in [-0.39, 0.29) is 6.61 Å². The quantitative estimate of drug-likeness (QED) is 0.566. The SMILES string of the molecule is OCCN1CCN(c2cccc(B(O)O)c2)CC1. The molecule has 1 aromatic carbocycles. The van der Waals surface area contributed by atoms with Crippen LogP contribution >= 0.6 is 0 Å². The molecule has 0 radical (unpaired) electrons. The second-order valence-electron chi connectivity index (χ2n) is 4.52. The second kappa shape index (κ2) is 6.20. The van der Waals surface area contributed by atoms with Gasteiger partial charge in [0.25, 0.3) is 0 Å². The number of hydrogen-bond donors (Lipinski definition) is 3. The highest BCUT2D eigenvalue weighted by Crippen LogP contribution is 2.14. The van der Waals surface area contributed by atoms with Gasteiger partial charge >= 0.3 is 7.12 Å². The van der Waals surface area contributed by atoms with Gasteiger partial charge in [-0.25, -0.2) is 0 Å². The van der Waals surface area contributed by atoms with E-state index >= 15 is 0 Å². The lowest BCUT2D eigenvalue weighted by molar-refractivity contribution is 0.189. The van der Waals surface area contributed by atoms with Gasteiger partial charge in [-0.1, -0.05) is 12.1 Å². The van der Waals surface area contributed by atoms with Gasteiger partial charge in [-0.05, 0) is 17.6 Å². The molecule has 1 aliphatic heterocycles. The summed E-state index contributed by atoms with van der Waals surface area (Å²) < 4.78 is 0. The molecule has 0 saturated carbocycles. The van der Waals surface area contributed by atoms with E-state index in [1.165, 1.54) is 0 Å². The number of β-amino-alcohol motifs (C(OH)–C–C–N with tert-alkyl or cyclic N) is 1. The number of aliphatic hydroxyl groups excluding tert-OH is 1. The van der Waals surface area contributed by atoms with Crippen LogP contribution in [0.1, 0.15) is 0 Å². The van der Waals surface area contributed by atoms with Crippen LogP contribution in [0.5, 0.6) is 0 Å². The number of piperazine rings is 1. The number of aliphatic hydroxyl groups is 1. The molecule has 18 heavy (non-hydrogen) atoms. The van der Waals surface area contributed by atoms with Gasteiger partial charge in [0.1, 0.15) is 0 Å². The summed E-state index contributed by atoms with van der Waals surface area (Å²) in [6.07, 6.45) is 0. The molecule has 0 atom stereocenters. The zero-order chi connectivity index (χ0) is 13.0. The van der Waals surface area contributed by atoms with E-state index in [1.807, 2.05) is 18.2 Å². The van der Waals surface area contributed by atoms with E-state index in [4.69, 9.17) is 15.2 Å². The molecular formula is C12H19BN2O3. The number of nitrogens with zero attached hydrogens (tertiary/aromatic N) is 2. The largest absolute Gasteiger partial charge is 0.488 e. The predicted octanol–water partition coefficient (Wildman–Crippen LogP) is -1.52. The Bertz CT molecular complexity index is 381. The Morgan fingerprint density at radius 2 is 1.83 bits per heavy atom. The van der Waals surface area contributed by atoms with Crippen molar-refractivity contribution in [3.05, 3.63) is 24.3 Å². The van der Waals surface area contributed by atoms with E-state index in [9.17, 15) is 0 Å². The van der Waals surface area contributed by atoms with Crippen molar-refractivity contribution in [2.24, 2.45) is 0 Å². The number of anilines is 1. The summed E-state index contributed by atoms with van der Waals surface area (Å²) in [5.41, 5.74) is 1.54. The Morgan fingerprint density at radius 3 is 2.44 bits per heavy atom. The molecule has 1 saturated heterocycles. The number of benzene rings is 1. The summed E-state index contributed by atoms with van der Waals surface area (Å²) in [6, 6.07) is 7.33. The van der Waals surface area contributed by atoms with Gasteiger partial charge < -0.3 is 20.1 Å². The maximum Gasteiger partial charge on any atom is 0.488 e. The molecule has 0 aliphatic carbocycles. The van der Waals surface area contributed by atoms with E-state index in [1.54, 1.807) is 6.07 Å². The third-order valence-corrected chi connectivity index (χ3v) is 3.32. The molecule has 2 rings (SSSR count). The van der Waals surface area contributed by atoms with Crippen LogP contribution in [0.3, 0.4) is 0 Å². The van der Waals surface area contributed by atoms with Crippen molar-refractivity contribution in [1.82, 2.24) is 4.90 Å². The highest BCUT2D eigenvalue weighted by atomic mass is 16.4. The Kier molecular flexibility index (Phi) is 4.60. The van der Waals surface area contributed by atoms with Gasteiger partial charge in [0.15, 0.2) is 0 Å². The molecule has 3 N–H and O–H groups in total. The Labute approximate surface area is 107 Å². The lowest BCUT2D eigenvalue weighted by Crippen LogP contribution is -2.47. The maximum absolute atomic E-state index is 9.16. The van der Waals surface area contributed by atoms with Crippen LogP contribution in [0.15, 0.2) is 24.3 Å². The maximum atomic E-state index is 9.16. The zero-order valence-corrected chi connectivity index (χ0v) is 10.4. The van der Waals surface area contributed by atoms with E-state index in [0.29, 0.717) is 5.46 Å². The third-order valence-electron chi connectivity index (χ3n) is 3.32. The highest BCUT2D eigenvalue weighted by molar-refractivity contribution is 6.58. The van der Waals surface area contributed by atoms with Crippen LogP contribution in [0.25, 0.3) is 0 Å². The molecule has 1 fully saturated rings. The first-order valence-corrected chi connectivity index (χ1v) is 6.25. The van der Waals surface area contributed by atoms with Crippen molar-refractivity contribution < 1.29 is 15.2 Å². The van der Waals surface area contributed by atoms with Gasteiger partial charge in [-0.2, -0.15) is 0 Å². The van der Waals surface area contributed by atoms with Gasteiger partial charge in [-0.3, -0.25) is 4.90 Å². The fourth-order valence-electron chi connectivity index (χ4n) is 2.25. The molecule has 98 valence electrons. The molecule has 6 heteroatoms. The van der Waals surface area contributed by atoms with E-state index < -0.39 is 7.12 Å². The Balaban J connectivity index is 1.98. The smallest absolute Gasteiger partial charge is 0.423 e. The zero-order valence-electron chi connectivity index (χ0n) is 10.4. The van der Waals surface area contributed by atoms with Gasteiger partial charge in [-0.15, -0.1) is 0 Å². The van der Waals surface area contributed by atoms with E-state index in [2.05, 4.69) is 9.80 Å². The number of rotatable bonds is 4. The van der Waals surface area contributed by atoms with Crippen LogP contribution in [0, 0.1) is 0 Å². The minimum atomic E-state index is -1.42. The third kappa shape index (κ3) is 3.23. The van der Waals surface area contributed by atoms with E-state index in [0.717, 1.165) is 38.4 Å². The van der Waals surface area contributed by atoms with Crippen molar-refractivity contribution in [3.63, 3.8) is 0 Å². The highest BCUT2D eigenvalue weighted by Gasteiger charge is 2.18. The summed E-state index contributed by atoms with van der Waals surface area (Å²) in [6.45, 7) is 4.56. The average Bonchev–Trinajstić information content (AvgIpc) is 2.40. The summed E-state index contributed by atoms with van der Waals surface area (Å²) in [7, 11) is -1.42. The van der Waals surface area contributed by atoms with Gasteiger partial charge in [0.2, 0.25) is 0 Å². The first-order valence-electron chi connectivity index (χ1n) is 6.25. The van der Waals surface area contributed by atoms with Crippen LogP contribution < -0.4 is 10.4 Å². The molecule has 0 bridgehead atoms. The fourth-order valence-corrected chi connectivity index (χ4v) is 2.25. The summed E-state index contributed by atoms with van der Waals surface area (Å²) in [4.78, 5) is 4.45. The molecule has 0 aromatic heterocycles. The lowest BCUT2D eigenvalue weighted by Gasteiger charge is -2.36. The van der Waals surface area contributed by atoms with Crippen LogP contribution in [0.2, 0.25) is 0 Å². The second-order valence-corrected chi connectivity index (χ2v) is 4.52. The fraction of sp³-hybridized carbons (Fsp3) is 0.500. The molecule has 1 aromatic rings. The van der Waals surface area contributed by atoms with Crippen LogP contribution in [-0.4, -0.2) is 66.5 Å². The molecule has 0 spiro atoms. The molecule has 1 heterocycles. The average molecular weight is 250 g/mol. The number of hydrogen-bond acceptors (Lipinski definition) is 5. The van der Waals surface area contributed by atoms with Gasteiger partial charge in [0.05, 0.1) is 6.61 Å². The first kappa shape index (κ1) is 13.4. The van der Waals surface area contributed by atoms with Crippen molar-refractivity contribution in [2.45, 2.75) is 0 Å². The normalized spacial score (nSPS) is 16.9. The molecule has 5 nitrogen and oxygen atoms in total. The van der Waals surface area contributed by atoms with Crippen molar-refractivity contribution in [2.75, 3.05) is 44.2 Å². The minimum Gasteiger partial charge on any atom is -0.423 e. The van der Waals surface area contributed by atoms with Crippen LogP contribution in [0.4, 0.5) is 5.69 Å². The first-order chi connectivity index (χ1) is 8.70. The Morgan fingerprint density at radius 1 is 1.11 bits per heavy atom. The van der Waals surface area contributed by atoms with Gasteiger partial charge in [0, 0.05) is 38.4 Å². The predicted molar refractivity (Wildman–Crippen MR) is 72.0 cm³/mol. The lowest BCUT2D eigenvalue weighted by atomic mass is 9.80. The summed E-state index contributed by atoms with van der Waals surface area (Å²) >= 11 is 0. The summed E-state index contributed by atoms with van der Waals surface area (Å²) in [5, 5.41) is 27.2.